The van der Waals surface area contributed by atoms with Crippen LogP contribution in [0, 0.1) is 0 Å². The maximum absolute atomic E-state index is 12.4. The molecule has 0 aliphatic rings. The predicted molar refractivity (Wildman–Crippen MR) is 94.5 cm³/mol. The fraction of sp³-hybridized carbons (Fsp3) is 0.158. The average Bonchev–Trinajstić information content (AvgIpc) is 2.60. The van der Waals surface area contributed by atoms with Crippen LogP contribution in [0.25, 0.3) is 0 Å². The summed E-state index contributed by atoms with van der Waals surface area (Å²) in [5.41, 5.74) is 1.34. The first-order valence-corrected chi connectivity index (χ1v) is 7.44. The molecule has 2 rings (SSSR count). The van der Waals surface area contributed by atoms with Crippen molar-refractivity contribution in [2.45, 2.75) is 0 Å². The first-order chi connectivity index (χ1) is 11.5. The number of nitrogens with zero attached hydrogens (tertiary/aromatic N) is 1. The third-order valence-corrected chi connectivity index (χ3v) is 3.30. The Balaban J connectivity index is 2.32. The van der Waals surface area contributed by atoms with Crippen LogP contribution < -0.4 is 10.1 Å². The lowest BCUT2D eigenvalue weighted by molar-refractivity contribution is 0.102. The molecule has 0 saturated heterocycles. The molecule has 1 N–H and O–H groups in total. The molecule has 0 aliphatic heterocycles. The normalized spacial score (nSPS) is 10.5. The van der Waals surface area contributed by atoms with E-state index in [1.807, 2.05) is 20.2 Å². The summed E-state index contributed by atoms with van der Waals surface area (Å²) >= 11 is 0. The molecule has 2 aromatic rings. The van der Waals surface area contributed by atoms with Crippen LogP contribution in [-0.4, -0.2) is 37.8 Å². The monoisotopic (exact) mass is 324 g/mol. The Kier molecular flexibility index (Phi) is 5.73. The van der Waals surface area contributed by atoms with Gasteiger partial charge in [0.05, 0.1) is 12.8 Å². The number of ether oxygens (including phenoxy) is 1. The van der Waals surface area contributed by atoms with Crippen molar-refractivity contribution in [3.63, 3.8) is 0 Å². The van der Waals surface area contributed by atoms with Crippen molar-refractivity contribution >= 4 is 17.4 Å². The van der Waals surface area contributed by atoms with Crippen LogP contribution >= 0.6 is 0 Å². The Hall–Kier alpha value is -3.08. The lowest BCUT2D eigenvalue weighted by Crippen LogP contribution is -2.14. The Bertz CT molecular complexity index is 752. The molecule has 5 heteroatoms. The topological polar surface area (TPSA) is 58.6 Å². The number of allylic oxidation sites excluding steroid dienone is 1. The van der Waals surface area contributed by atoms with Gasteiger partial charge >= 0.3 is 0 Å². The number of amides is 1. The molecule has 24 heavy (non-hydrogen) atoms. The summed E-state index contributed by atoms with van der Waals surface area (Å²) in [5.74, 6) is 0.0617. The molecule has 0 heterocycles. The van der Waals surface area contributed by atoms with Crippen molar-refractivity contribution in [3.05, 3.63) is 71.9 Å². The summed E-state index contributed by atoms with van der Waals surface area (Å²) in [4.78, 5) is 26.5. The van der Waals surface area contributed by atoms with Gasteiger partial charge in [0.25, 0.3) is 5.91 Å². The second kappa shape index (κ2) is 7.97. The quantitative estimate of drug-likeness (QED) is 0.655. The highest BCUT2D eigenvalue weighted by Crippen LogP contribution is 2.23. The Labute approximate surface area is 141 Å². The number of methoxy groups -OCH3 is 1. The highest BCUT2D eigenvalue weighted by molar-refractivity contribution is 6.13. The summed E-state index contributed by atoms with van der Waals surface area (Å²) in [6.45, 7) is 0. The molecule has 0 spiro atoms. The summed E-state index contributed by atoms with van der Waals surface area (Å²) < 4.78 is 5.18. The Morgan fingerprint density at radius 1 is 1.08 bits per heavy atom. The van der Waals surface area contributed by atoms with E-state index < -0.39 is 0 Å². The summed E-state index contributed by atoms with van der Waals surface area (Å²) in [6, 6.07) is 13.8. The van der Waals surface area contributed by atoms with Crippen molar-refractivity contribution in [1.29, 1.82) is 0 Å². The van der Waals surface area contributed by atoms with Gasteiger partial charge in [-0.1, -0.05) is 18.2 Å². The third-order valence-electron chi connectivity index (χ3n) is 3.30. The zero-order chi connectivity index (χ0) is 17.5. The molecule has 0 radical (unpaired) electrons. The molecule has 5 nitrogen and oxygen atoms in total. The Morgan fingerprint density at radius 3 is 2.42 bits per heavy atom. The molecule has 0 unspecified atom stereocenters. The molecule has 0 saturated carbocycles. The van der Waals surface area contributed by atoms with Gasteiger partial charge in [0.15, 0.2) is 5.78 Å². The van der Waals surface area contributed by atoms with E-state index in [0.717, 1.165) is 0 Å². The number of carbonyl (C=O) groups is 2. The summed E-state index contributed by atoms with van der Waals surface area (Å²) in [5, 5.41) is 2.78. The van der Waals surface area contributed by atoms with Crippen molar-refractivity contribution in [2.24, 2.45) is 0 Å². The van der Waals surface area contributed by atoms with Gasteiger partial charge in [0.1, 0.15) is 5.75 Å². The fourth-order valence-corrected chi connectivity index (χ4v) is 2.05. The van der Waals surface area contributed by atoms with E-state index in [-0.39, 0.29) is 11.7 Å². The molecule has 2 aromatic carbocycles. The van der Waals surface area contributed by atoms with Gasteiger partial charge in [-0.3, -0.25) is 9.59 Å². The minimum absolute atomic E-state index is 0.217. The largest absolute Gasteiger partial charge is 0.497 e. The van der Waals surface area contributed by atoms with Gasteiger partial charge in [0, 0.05) is 37.5 Å². The number of hydrogen-bond donors (Lipinski definition) is 1. The smallest absolute Gasteiger partial charge is 0.255 e. The van der Waals surface area contributed by atoms with Crippen LogP contribution in [-0.2, 0) is 0 Å². The maximum atomic E-state index is 12.4. The van der Waals surface area contributed by atoms with E-state index in [9.17, 15) is 9.59 Å². The lowest BCUT2D eigenvalue weighted by atomic mass is 10.1. The van der Waals surface area contributed by atoms with Crippen LogP contribution in [0.5, 0.6) is 5.75 Å². The first-order valence-electron chi connectivity index (χ1n) is 7.44. The van der Waals surface area contributed by atoms with Crippen LogP contribution in [0.3, 0.4) is 0 Å². The van der Waals surface area contributed by atoms with Gasteiger partial charge in [0.2, 0.25) is 0 Å². The lowest BCUT2D eigenvalue weighted by Gasteiger charge is -2.11. The maximum Gasteiger partial charge on any atom is 0.255 e. The van der Waals surface area contributed by atoms with Crippen LogP contribution in [0.1, 0.15) is 20.7 Å². The minimum Gasteiger partial charge on any atom is -0.497 e. The van der Waals surface area contributed by atoms with Gasteiger partial charge < -0.3 is 15.0 Å². The molecule has 0 fully saturated rings. The second-order valence-corrected chi connectivity index (χ2v) is 5.38. The van der Waals surface area contributed by atoms with E-state index in [4.69, 9.17) is 4.74 Å². The van der Waals surface area contributed by atoms with Crippen molar-refractivity contribution in [3.8, 4) is 5.75 Å². The van der Waals surface area contributed by atoms with Crippen molar-refractivity contribution in [1.82, 2.24) is 4.90 Å². The summed E-state index contributed by atoms with van der Waals surface area (Å²) in [6.07, 6.45) is 3.11. The number of nitrogens with one attached hydrogen (secondary N) is 1. The third kappa shape index (κ3) is 4.46. The van der Waals surface area contributed by atoms with E-state index in [2.05, 4.69) is 5.32 Å². The second-order valence-electron chi connectivity index (χ2n) is 5.38. The average molecular weight is 324 g/mol. The van der Waals surface area contributed by atoms with Gasteiger partial charge in [-0.15, -0.1) is 0 Å². The van der Waals surface area contributed by atoms with Gasteiger partial charge in [-0.05, 0) is 30.3 Å². The van der Waals surface area contributed by atoms with E-state index in [1.54, 1.807) is 53.6 Å². The zero-order valence-electron chi connectivity index (χ0n) is 13.9. The molecule has 124 valence electrons. The molecule has 0 bridgehead atoms. The number of benzene rings is 2. The SMILES string of the molecule is COc1ccc(NC(=O)c2ccccc2)c(C(=O)/C=C/N(C)C)c1. The predicted octanol–water partition coefficient (Wildman–Crippen LogP) is 3.21. The van der Waals surface area contributed by atoms with Crippen LogP contribution in [0.2, 0.25) is 0 Å². The first kappa shape index (κ1) is 17.3. The molecular weight excluding hydrogens is 304 g/mol. The fourth-order valence-electron chi connectivity index (χ4n) is 2.05. The van der Waals surface area contributed by atoms with E-state index >= 15 is 0 Å². The van der Waals surface area contributed by atoms with Crippen molar-refractivity contribution in [2.75, 3.05) is 26.5 Å². The van der Waals surface area contributed by atoms with Crippen molar-refractivity contribution < 1.29 is 14.3 Å². The zero-order valence-corrected chi connectivity index (χ0v) is 13.9. The molecule has 0 aliphatic carbocycles. The highest BCUT2D eigenvalue weighted by atomic mass is 16.5. The van der Waals surface area contributed by atoms with E-state index in [0.29, 0.717) is 22.6 Å². The molecule has 1 amide bonds. The summed E-state index contributed by atoms with van der Waals surface area (Å²) in [7, 11) is 5.18. The number of ketones is 1. The highest BCUT2D eigenvalue weighted by Gasteiger charge is 2.14. The Morgan fingerprint density at radius 2 is 1.79 bits per heavy atom. The molecule has 0 atom stereocenters. The molecular formula is C19H20N2O3. The van der Waals surface area contributed by atoms with E-state index in [1.165, 1.54) is 13.2 Å². The van der Waals surface area contributed by atoms with Gasteiger partial charge in [-0.2, -0.15) is 0 Å². The van der Waals surface area contributed by atoms with Crippen LogP contribution in [0.4, 0.5) is 5.69 Å². The standard InChI is InChI=1S/C19H20N2O3/c1-21(2)12-11-18(22)16-13-15(24-3)9-10-17(16)20-19(23)14-7-5-4-6-8-14/h4-13H,1-3H3,(H,20,23)/b12-11+. The number of anilines is 1. The van der Waals surface area contributed by atoms with Gasteiger partial charge in [-0.25, -0.2) is 0 Å². The number of hydrogen-bond acceptors (Lipinski definition) is 4. The molecule has 0 aromatic heterocycles. The number of carbonyl (C=O) groups excluding carboxylic acids is 2. The number of rotatable bonds is 6. The van der Waals surface area contributed by atoms with Crippen LogP contribution in [0.15, 0.2) is 60.8 Å². The minimum atomic E-state index is -0.272.